The molecule has 0 aliphatic rings. The van der Waals surface area contributed by atoms with Crippen LogP contribution in [0.3, 0.4) is 0 Å². The van der Waals surface area contributed by atoms with Gasteiger partial charge in [0, 0.05) is 41.8 Å². The first kappa shape index (κ1) is 29.7. The molecule has 0 bridgehead atoms. The molecule has 2 aromatic carbocycles. The van der Waals surface area contributed by atoms with E-state index in [1.54, 1.807) is 45.3 Å². The van der Waals surface area contributed by atoms with E-state index in [0.29, 0.717) is 22.7 Å². The fraction of sp³-hybridized carbons (Fsp3) is 0. The smallest absolute Gasteiger partial charge is 0.116 e. The highest BCUT2D eigenvalue weighted by Crippen LogP contribution is 2.49. The molecule has 0 saturated heterocycles. The van der Waals surface area contributed by atoms with Crippen LogP contribution < -0.4 is 22.9 Å². The molecule has 16 heteroatoms. The van der Waals surface area contributed by atoms with E-state index >= 15 is 0 Å². The first-order valence-corrected chi connectivity index (χ1v) is 19.0. The van der Waals surface area contributed by atoms with Gasteiger partial charge < -0.3 is 22.9 Å². The normalized spacial score (nSPS) is 11.3. The fourth-order valence-corrected chi connectivity index (χ4v) is 10.4. The van der Waals surface area contributed by atoms with Crippen molar-refractivity contribution in [3.8, 4) is 41.8 Å². The lowest BCUT2D eigenvalue weighted by atomic mass is 10.0. The van der Waals surface area contributed by atoms with E-state index in [2.05, 4.69) is 49.4 Å². The summed E-state index contributed by atoms with van der Waals surface area (Å²) in [6, 6.07) is 16.1. The number of fused-ring (bicyclic) bond motifs is 2. The van der Waals surface area contributed by atoms with E-state index in [1.807, 2.05) is 59.3 Å². The highest BCUT2D eigenvalue weighted by Gasteiger charge is 2.24. The zero-order valence-corrected chi connectivity index (χ0v) is 30.1. The summed E-state index contributed by atoms with van der Waals surface area (Å²) < 4.78 is 19.9. The van der Waals surface area contributed by atoms with Crippen molar-refractivity contribution < 1.29 is 0 Å². The minimum Gasteiger partial charge on any atom is -0.396 e. The Morgan fingerprint density at radius 1 is 0.455 bits per heavy atom. The third-order valence-electron chi connectivity index (χ3n) is 6.76. The molecule has 0 unspecified atom stereocenters. The number of nitrogens with two attached hydrogens (primary N) is 4. The molecular formula is C28H18Br2N8S6. The summed E-state index contributed by atoms with van der Waals surface area (Å²) in [5, 5.41) is 4.04. The Balaban J connectivity index is 0.000000143. The lowest BCUT2D eigenvalue weighted by Crippen LogP contribution is -2.00. The SMILES string of the molecule is Nc1c(N)c(-c2ccc(Br)s2)c2nsnc2c1-c1ccc(Br)s1.Nc1c(N)c(-c2cccs2)c2nsnc2c1-c1cccs1. The summed E-state index contributed by atoms with van der Waals surface area (Å²) >= 11 is 15.8. The van der Waals surface area contributed by atoms with Crippen LogP contribution in [0, 0.1) is 0 Å². The van der Waals surface area contributed by atoms with Crippen molar-refractivity contribution in [3.63, 3.8) is 0 Å². The molecule has 0 fully saturated rings. The molecule has 0 radical (unpaired) electrons. The molecule has 8 aromatic rings. The van der Waals surface area contributed by atoms with Crippen LogP contribution in [-0.4, -0.2) is 17.5 Å². The Morgan fingerprint density at radius 2 is 0.795 bits per heavy atom. The second-order valence-corrected chi connectivity index (χ2v) is 17.1. The van der Waals surface area contributed by atoms with Gasteiger partial charge in [0.1, 0.15) is 22.1 Å². The summed E-state index contributed by atoms with van der Waals surface area (Å²) in [5.74, 6) is 0. The topological polar surface area (TPSA) is 156 Å². The Kier molecular flexibility index (Phi) is 8.17. The third-order valence-corrected chi connectivity index (χ3v) is 12.9. The van der Waals surface area contributed by atoms with Crippen LogP contribution in [0.4, 0.5) is 22.7 Å². The highest BCUT2D eigenvalue weighted by molar-refractivity contribution is 9.11. The molecule has 0 atom stereocenters. The summed E-state index contributed by atoms with van der Waals surface area (Å²) in [6.45, 7) is 0. The summed E-state index contributed by atoms with van der Waals surface area (Å²) in [6.07, 6.45) is 0. The van der Waals surface area contributed by atoms with Gasteiger partial charge in [0.25, 0.3) is 0 Å². The summed E-state index contributed by atoms with van der Waals surface area (Å²) in [7, 11) is 0. The maximum atomic E-state index is 6.39. The van der Waals surface area contributed by atoms with Gasteiger partial charge >= 0.3 is 0 Å². The second kappa shape index (κ2) is 12.1. The van der Waals surface area contributed by atoms with E-state index in [0.717, 1.165) is 71.4 Å². The maximum absolute atomic E-state index is 6.39. The molecule has 6 heterocycles. The number of aromatic nitrogens is 4. The number of nitrogen functional groups attached to an aromatic ring is 4. The average molecular weight is 819 g/mol. The van der Waals surface area contributed by atoms with Crippen molar-refractivity contribution >= 4 is 145 Å². The van der Waals surface area contributed by atoms with E-state index in [-0.39, 0.29) is 0 Å². The molecule has 0 amide bonds. The standard InChI is InChI=1S/C14H8Br2N4S3.C14H10N4S3/c15-7-3-1-5(21-7)9-11(17)12(18)10(6-2-4-8(16)22-6)14-13(9)19-23-20-14;15-11-9(7-3-1-5-19-7)13-14(18-21-17-13)10(12(11)16)8-4-2-6-20-8/h1-4H,17-18H2;1-6H,15-16H2. The van der Waals surface area contributed by atoms with E-state index in [1.165, 1.54) is 23.5 Å². The number of rotatable bonds is 4. The average Bonchev–Trinajstić information content (AvgIpc) is 3.84. The fourth-order valence-electron chi connectivity index (χ4n) is 4.82. The molecule has 0 aliphatic carbocycles. The second-order valence-electron chi connectivity index (χ2n) is 9.24. The zero-order valence-electron chi connectivity index (χ0n) is 22.1. The largest absolute Gasteiger partial charge is 0.396 e. The Bertz CT molecular complexity index is 2110. The van der Waals surface area contributed by atoms with E-state index in [4.69, 9.17) is 22.9 Å². The van der Waals surface area contributed by atoms with Crippen LogP contribution in [0.15, 0.2) is 66.9 Å². The molecule has 220 valence electrons. The Hall–Kier alpha value is -2.96. The third kappa shape index (κ3) is 5.12. The summed E-state index contributed by atoms with van der Waals surface area (Å²) in [4.78, 5) is 4.18. The quantitative estimate of drug-likeness (QED) is 0.128. The van der Waals surface area contributed by atoms with Gasteiger partial charge in [-0.1, -0.05) is 12.1 Å². The first-order valence-electron chi connectivity index (χ1n) is 12.6. The van der Waals surface area contributed by atoms with Crippen LogP contribution in [0.2, 0.25) is 0 Å². The molecule has 0 saturated carbocycles. The van der Waals surface area contributed by atoms with Gasteiger partial charge in [-0.3, -0.25) is 0 Å². The first-order chi connectivity index (χ1) is 21.3. The molecule has 8 N–H and O–H groups in total. The van der Waals surface area contributed by atoms with Gasteiger partial charge in [-0.2, -0.15) is 17.5 Å². The molecule has 8 nitrogen and oxygen atoms in total. The molecular weight excluding hydrogens is 801 g/mol. The van der Waals surface area contributed by atoms with Crippen LogP contribution in [-0.2, 0) is 0 Å². The number of thiophene rings is 4. The summed E-state index contributed by atoms with van der Waals surface area (Å²) in [5.41, 5.74) is 34.5. The van der Waals surface area contributed by atoms with Gasteiger partial charge in [0.2, 0.25) is 0 Å². The van der Waals surface area contributed by atoms with Gasteiger partial charge in [-0.25, -0.2) is 0 Å². The van der Waals surface area contributed by atoms with Crippen LogP contribution in [0.5, 0.6) is 0 Å². The molecule has 44 heavy (non-hydrogen) atoms. The lowest BCUT2D eigenvalue weighted by Gasteiger charge is -2.12. The number of nitrogens with zero attached hydrogens (tertiary/aromatic N) is 4. The van der Waals surface area contributed by atoms with Crippen molar-refractivity contribution in [2.75, 3.05) is 22.9 Å². The lowest BCUT2D eigenvalue weighted by molar-refractivity contribution is 1.62. The highest BCUT2D eigenvalue weighted by atomic mass is 79.9. The number of benzene rings is 2. The molecule has 6 aromatic heterocycles. The number of anilines is 4. The van der Waals surface area contributed by atoms with Crippen molar-refractivity contribution in [2.45, 2.75) is 0 Å². The monoisotopic (exact) mass is 816 g/mol. The predicted molar refractivity (Wildman–Crippen MR) is 201 cm³/mol. The number of halogens is 2. The maximum Gasteiger partial charge on any atom is 0.116 e. The minimum absolute atomic E-state index is 0.555. The minimum atomic E-state index is 0.555. The van der Waals surface area contributed by atoms with Crippen molar-refractivity contribution in [2.24, 2.45) is 0 Å². The Labute approximate surface area is 291 Å². The van der Waals surface area contributed by atoms with Crippen molar-refractivity contribution in [1.82, 2.24) is 17.5 Å². The molecule has 8 rings (SSSR count). The Morgan fingerprint density at radius 3 is 1.07 bits per heavy atom. The van der Waals surface area contributed by atoms with E-state index in [9.17, 15) is 0 Å². The number of hydrogen-bond acceptors (Lipinski definition) is 14. The molecule has 0 aliphatic heterocycles. The van der Waals surface area contributed by atoms with E-state index < -0.39 is 0 Å². The van der Waals surface area contributed by atoms with Crippen molar-refractivity contribution in [3.05, 3.63) is 66.9 Å². The predicted octanol–water partition coefficient (Wildman–Crippen LogP) is 10.2. The van der Waals surface area contributed by atoms with Gasteiger partial charge in [0.05, 0.1) is 53.8 Å². The van der Waals surface area contributed by atoms with Crippen LogP contribution >= 0.6 is 101 Å². The van der Waals surface area contributed by atoms with Crippen molar-refractivity contribution in [1.29, 1.82) is 0 Å². The van der Waals surface area contributed by atoms with Gasteiger partial charge in [-0.05, 0) is 79.0 Å². The van der Waals surface area contributed by atoms with Crippen LogP contribution in [0.1, 0.15) is 0 Å². The zero-order chi connectivity index (χ0) is 30.5. The van der Waals surface area contributed by atoms with Gasteiger partial charge in [-0.15, -0.1) is 45.3 Å². The molecule has 0 spiro atoms. The van der Waals surface area contributed by atoms with Gasteiger partial charge in [0.15, 0.2) is 0 Å². The number of hydrogen-bond donors (Lipinski definition) is 4. The van der Waals surface area contributed by atoms with Crippen LogP contribution in [0.25, 0.3) is 63.8 Å².